The molecular weight excluding hydrogens is 282 g/mol. The van der Waals surface area contributed by atoms with Crippen molar-refractivity contribution in [3.63, 3.8) is 0 Å². The number of ether oxygens (including phenoxy) is 1. The molecule has 0 spiro atoms. The number of piperidine rings is 1. The molecule has 1 aliphatic rings. The van der Waals surface area contributed by atoms with Crippen molar-refractivity contribution in [1.82, 2.24) is 10.3 Å². The monoisotopic (exact) mass is 305 g/mol. The van der Waals surface area contributed by atoms with Crippen molar-refractivity contribution in [2.75, 3.05) is 18.0 Å². The first kappa shape index (κ1) is 16.4. The summed E-state index contributed by atoms with van der Waals surface area (Å²) >= 11 is 0. The topological polar surface area (TPSA) is 71.5 Å². The number of pyridine rings is 1. The summed E-state index contributed by atoms with van der Waals surface area (Å²) in [6, 6.07) is 3.28. The Morgan fingerprint density at radius 1 is 1.23 bits per heavy atom. The van der Waals surface area contributed by atoms with Gasteiger partial charge in [0.1, 0.15) is 5.60 Å². The summed E-state index contributed by atoms with van der Waals surface area (Å²) < 4.78 is 5.40. The van der Waals surface area contributed by atoms with Crippen LogP contribution in [0.3, 0.4) is 0 Å². The van der Waals surface area contributed by atoms with Crippen LogP contribution < -0.4 is 10.2 Å². The second kappa shape index (κ2) is 6.87. The highest BCUT2D eigenvalue weighted by Crippen LogP contribution is 2.23. The number of imide groups is 1. The number of aromatic nitrogens is 1. The van der Waals surface area contributed by atoms with Gasteiger partial charge >= 0.3 is 6.09 Å². The van der Waals surface area contributed by atoms with E-state index >= 15 is 0 Å². The van der Waals surface area contributed by atoms with Crippen molar-refractivity contribution >= 4 is 17.7 Å². The number of anilines is 1. The summed E-state index contributed by atoms with van der Waals surface area (Å²) in [5, 5.41) is 3.22. The second-order valence-electron chi connectivity index (χ2n) is 6.38. The van der Waals surface area contributed by atoms with Crippen LogP contribution in [0.25, 0.3) is 0 Å². The minimum absolute atomic E-state index is 0.165. The number of hydrogen-bond acceptors (Lipinski definition) is 5. The maximum absolute atomic E-state index is 12.8. The highest BCUT2D eigenvalue weighted by Gasteiger charge is 2.33. The molecule has 0 radical (unpaired) electrons. The van der Waals surface area contributed by atoms with E-state index in [0.717, 1.165) is 30.8 Å². The van der Waals surface area contributed by atoms with Crippen LogP contribution in [-0.2, 0) is 9.53 Å². The Morgan fingerprint density at radius 2 is 1.82 bits per heavy atom. The summed E-state index contributed by atoms with van der Waals surface area (Å²) in [6.45, 7) is 6.92. The average Bonchev–Trinajstić information content (AvgIpc) is 2.47. The third-order valence-electron chi connectivity index (χ3n) is 3.41. The fourth-order valence-electron chi connectivity index (χ4n) is 2.37. The minimum atomic E-state index is -0.656. The molecule has 0 bridgehead atoms. The first-order chi connectivity index (χ1) is 10.4. The largest absolute Gasteiger partial charge is 0.443 e. The fourth-order valence-corrected chi connectivity index (χ4v) is 2.37. The molecule has 6 nitrogen and oxygen atoms in total. The molecule has 120 valence electrons. The maximum atomic E-state index is 12.8. The zero-order valence-electron chi connectivity index (χ0n) is 13.3. The van der Waals surface area contributed by atoms with E-state index < -0.39 is 11.7 Å². The molecule has 2 amide bonds. The van der Waals surface area contributed by atoms with Crippen LogP contribution in [0.4, 0.5) is 10.5 Å². The molecular formula is C16H23N3O3. The number of hydrogen-bond donors (Lipinski definition) is 1. The van der Waals surface area contributed by atoms with Crippen molar-refractivity contribution in [2.24, 2.45) is 5.92 Å². The SMILES string of the molecule is CC(C)(C)OC(=O)N(C(=O)C1CCNCC1)c1ccncc1. The Kier molecular flexibility index (Phi) is 5.13. The van der Waals surface area contributed by atoms with Crippen LogP contribution in [0.2, 0.25) is 0 Å². The standard InChI is InChI=1S/C16H23N3O3/c1-16(2,3)22-15(21)19(13-6-10-18-11-7-13)14(20)12-4-8-17-9-5-12/h6-7,10-12,17H,4-5,8-9H2,1-3H3. The van der Waals surface area contributed by atoms with Crippen molar-refractivity contribution in [3.05, 3.63) is 24.5 Å². The summed E-state index contributed by atoms with van der Waals surface area (Å²) in [7, 11) is 0. The molecule has 1 aromatic rings. The van der Waals surface area contributed by atoms with Crippen LogP contribution in [0, 0.1) is 5.92 Å². The molecule has 2 rings (SSSR count). The van der Waals surface area contributed by atoms with Gasteiger partial charge in [0.2, 0.25) is 5.91 Å². The van der Waals surface area contributed by atoms with E-state index in [0.29, 0.717) is 5.69 Å². The third-order valence-corrected chi connectivity index (χ3v) is 3.41. The van der Waals surface area contributed by atoms with Crippen LogP contribution in [-0.4, -0.2) is 35.7 Å². The number of nitrogens with zero attached hydrogens (tertiary/aromatic N) is 2. The molecule has 1 saturated heterocycles. The van der Waals surface area contributed by atoms with E-state index in [9.17, 15) is 9.59 Å². The van der Waals surface area contributed by atoms with Gasteiger partial charge in [0.25, 0.3) is 0 Å². The second-order valence-corrected chi connectivity index (χ2v) is 6.38. The van der Waals surface area contributed by atoms with Gasteiger partial charge in [0.15, 0.2) is 0 Å². The Morgan fingerprint density at radius 3 is 2.36 bits per heavy atom. The lowest BCUT2D eigenvalue weighted by Gasteiger charge is -2.30. The van der Waals surface area contributed by atoms with Crippen molar-refractivity contribution < 1.29 is 14.3 Å². The minimum Gasteiger partial charge on any atom is -0.443 e. The maximum Gasteiger partial charge on any atom is 0.421 e. The molecule has 2 heterocycles. The van der Waals surface area contributed by atoms with Gasteiger partial charge in [0.05, 0.1) is 5.69 Å². The Bertz CT molecular complexity index is 519. The molecule has 0 saturated carbocycles. The van der Waals surface area contributed by atoms with Crippen LogP contribution in [0.15, 0.2) is 24.5 Å². The van der Waals surface area contributed by atoms with Crippen LogP contribution in [0.5, 0.6) is 0 Å². The Balaban J connectivity index is 2.25. The lowest BCUT2D eigenvalue weighted by atomic mass is 9.96. The van der Waals surface area contributed by atoms with Gasteiger partial charge in [-0.2, -0.15) is 0 Å². The van der Waals surface area contributed by atoms with Gasteiger partial charge in [-0.15, -0.1) is 0 Å². The zero-order valence-corrected chi connectivity index (χ0v) is 13.3. The molecule has 6 heteroatoms. The van der Waals surface area contributed by atoms with E-state index in [1.165, 1.54) is 0 Å². The number of carbonyl (C=O) groups is 2. The summed E-state index contributed by atoms with van der Waals surface area (Å²) in [4.78, 5) is 30.4. The molecule has 0 unspecified atom stereocenters. The van der Waals surface area contributed by atoms with Gasteiger partial charge in [-0.3, -0.25) is 9.78 Å². The first-order valence-electron chi connectivity index (χ1n) is 7.56. The number of nitrogens with one attached hydrogen (secondary N) is 1. The quantitative estimate of drug-likeness (QED) is 0.908. The predicted octanol–water partition coefficient (Wildman–Crippen LogP) is 2.35. The molecule has 1 fully saturated rings. The number of amides is 2. The van der Waals surface area contributed by atoms with E-state index in [2.05, 4.69) is 10.3 Å². The zero-order chi connectivity index (χ0) is 16.2. The lowest BCUT2D eigenvalue weighted by molar-refractivity contribution is -0.122. The van der Waals surface area contributed by atoms with E-state index in [1.54, 1.807) is 45.3 Å². The molecule has 0 aliphatic carbocycles. The highest BCUT2D eigenvalue weighted by molar-refractivity contribution is 6.13. The first-order valence-corrected chi connectivity index (χ1v) is 7.56. The van der Waals surface area contributed by atoms with Gasteiger partial charge < -0.3 is 10.1 Å². The fraction of sp³-hybridized carbons (Fsp3) is 0.562. The van der Waals surface area contributed by atoms with Crippen LogP contribution in [0.1, 0.15) is 33.6 Å². The van der Waals surface area contributed by atoms with E-state index in [-0.39, 0.29) is 11.8 Å². The predicted molar refractivity (Wildman–Crippen MR) is 83.6 cm³/mol. The van der Waals surface area contributed by atoms with Gasteiger partial charge in [-0.1, -0.05) is 0 Å². The average molecular weight is 305 g/mol. The van der Waals surface area contributed by atoms with Gasteiger partial charge in [-0.25, -0.2) is 9.69 Å². The van der Waals surface area contributed by atoms with Crippen LogP contribution >= 0.6 is 0 Å². The molecule has 1 aromatic heterocycles. The van der Waals surface area contributed by atoms with Crippen molar-refractivity contribution in [3.8, 4) is 0 Å². The number of rotatable bonds is 2. The molecule has 0 atom stereocenters. The molecule has 22 heavy (non-hydrogen) atoms. The van der Waals surface area contributed by atoms with Crippen molar-refractivity contribution in [1.29, 1.82) is 0 Å². The summed E-state index contributed by atoms with van der Waals surface area (Å²) in [5.74, 6) is -0.371. The summed E-state index contributed by atoms with van der Waals surface area (Å²) in [5.41, 5.74) is -0.163. The highest BCUT2D eigenvalue weighted by atomic mass is 16.6. The van der Waals surface area contributed by atoms with E-state index in [1.807, 2.05) is 0 Å². The van der Waals surface area contributed by atoms with Gasteiger partial charge in [0, 0.05) is 18.3 Å². The Labute approximate surface area is 130 Å². The summed E-state index contributed by atoms with van der Waals surface area (Å²) in [6.07, 6.45) is 3.93. The third kappa shape index (κ3) is 4.27. The molecule has 0 aromatic carbocycles. The number of carbonyl (C=O) groups excluding carboxylic acids is 2. The lowest BCUT2D eigenvalue weighted by Crippen LogP contribution is -2.46. The molecule has 1 N–H and O–H groups in total. The Hall–Kier alpha value is -1.95. The smallest absolute Gasteiger partial charge is 0.421 e. The van der Waals surface area contributed by atoms with Gasteiger partial charge in [-0.05, 0) is 58.8 Å². The molecule has 1 aliphatic heterocycles. The van der Waals surface area contributed by atoms with E-state index in [4.69, 9.17) is 4.74 Å². The van der Waals surface area contributed by atoms with Crippen molar-refractivity contribution in [2.45, 2.75) is 39.2 Å². The normalized spacial score (nSPS) is 16.1.